The first kappa shape index (κ1) is 15.7. The van der Waals surface area contributed by atoms with Gasteiger partial charge in [0, 0.05) is 11.1 Å². The van der Waals surface area contributed by atoms with E-state index in [-0.39, 0.29) is 62.5 Å². The molecular formula is C15H22KN. The Kier molecular flexibility index (Phi) is 5.31. The monoisotopic (exact) mass is 255 g/mol. The zero-order chi connectivity index (χ0) is 11.8. The summed E-state index contributed by atoms with van der Waals surface area (Å²) in [5.41, 5.74) is 1.83. The SMILES string of the molecule is CC1(C)CCCC(C)(C)N1c1cc[c-]cc1.[K+]. The van der Waals surface area contributed by atoms with Gasteiger partial charge in [-0.2, -0.15) is 18.2 Å². The largest absolute Gasteiger partial charge is 1.00 e. The fourth-order valence-electron chi connectivity index (χ4n) is 3.22. The molecule has 0 N–H and O–H groups in total. The van der Waals surface area contributed by atoms with Gasteiger partial charge in [-0.1, -0.05) is 5.69 Å². The quantitative estimate of drug-likeness (QED) is 0.535. The molecule has 0 atom stereocenters. The van der Waals surface area contributed by atoms with Crippen LogP contribution in [-0.4, -0.2) is 11.1 Å². The second-order valence-electron chi connectivity index (χ2n) is 6.07. The maximum atomic E-state index is 3.10. The van der Waals surface area contributed by atoms with E-state index in [0.717, 1.165) is 0 Å². The third kappa shape index (κ3) is 3.36. The average molecular weight is 255 g/mol. The van der Waals surface area contributed by atoms with E-state index in [2.05, 4.69) is 50.8 Å². The van der Waals surface area contributed by atoms with E-state index in [1.807, 2.05) is 12.1 Å². The summed E-state index contributed by atoms with van der Waals surface area (Å²) in [6, 6.07) is 11.5. The van der Waals surface area contributed by atoms with Crippen LogP contribution in [0, 0.1) is 6.07 Å². The summed E-state index contributed by atoms with van der Waals surface area (Å²) in [6.45, 7) is 9.41. The Morgan fingerprint density at radius 1 is 1.00 bits per heavy atom. The third-order valence-corrected chi connectivity index (χ3v) is 3.75. The van der Waals surface area contributed by atoms with Gasteiger partial charge in [0.15, 0.2) is 0 Å². The van der Waals surface area contributed by atoms with Gasteiger partial charge >= 0.3 is 51.4 Å². The summed E-state index contributed by atoms with van der Waals surface area (Å²) in [5.74, 6) is 0. The molecule has 1 aromatic carbocycles. The minimum absolute atomic E-state index is 0. The number of hydrogen-bond donors (Lipinski definition) is 0. The molecule has 0 amide bonds. The fraction of sp³-hybridized carbons (Fsp3) is 0.600. The normalized spacial score (nSPS) is 21.8. The van der Waals surface area contributed by atoms with Gasteiger partial charge in [0.2, 0.25) is 0 Å². The van der Waals surface area contributed by atoms with Crippen LogP contribution in [0.15, 0.2) is 24.3 Å². The molecule has 1 heterocycles. The van der Waals surface area contributed by atoms with Crippen molar-refractivity contribution in [2.75, 3.05) is 4.90 Å². The minimum atomic E-state index is 0. The Bertz CT molecular complexity index is 340. The van der Waals surface area contributed by atoms with Crippen molar-refractivity contribution >= 4 is 5.69 Å². The number of rotatable bonds is 1. The van der Waals surface area contributed by atoms with Crippen LogP contribution in [0.5, 0.6) is 0 Å². The number of piperidine rings is 1. The van der Waals surface area contributed by atoms with Crippen molar-refractivity contribution in [2.45, 2.75) is 58.0 Å². The predicted octanol–water partition coefficient (Wildman–Crippen LogP) is 1.04. The van der Waals surface area contributed by atoms with E-state index in [4.69, 9.17) is 0 Å². The molecule has 0 radical (unpaired) electrons. The summed E-state index contributed by atoms with van der Waals surface area (Å²) < 4.78 is 0. The average Bonchev–Trinajstić information content (AvgIpc) is 2.16. The maximum absolute atomic E-state index is 3.10. The molecule has 0 spiro atoms. The van der Waals surface area contributed by atoms with Crippen LogP contribution < -0.4 is 56.3 Å². The van der Waals surface area contributed by atoms with Crippen LogP contribution >= 0.6 is 0 Å². The van der Waals surface area contributed by atoms with Crippen molar-refractivity contribution in [3.8, 4) is 0 Å². The summed E-state index contributed by atoms with van der Waals surface area (Å²) in [4.78, 5) is 2.58. The molecule has 17 heavy (non-hydrogen) atoms. The fourth-order valence-corrected chi connectivity index (χ4v) is 3.22. The van der Waals surface area contributed by atoms with E-state index >= 15 is 0 Å². The van der Waals surface area contributed by atoms with Crippen LogP contribution in [0.25, 0.3) is 0 Å². The number of nitrogens with zero attached hydrogens (tertiary/aromatic N) is 1. The molecule has 0 bridgehead atoms. The number of anilines is 1. The standard InChI is InChI=1S/C15H22N.K/c1-14(2)11-8-12-15(3,4)16(14)13-9-6-5-7-10-13;/h6-7,9-10H,8,11-12H2,1-4H3;/q-1;+1. The third-order valence-electron chi connectivity index (χ3n) is 3.75. The van der Waals surface area contributed by atoms with Crippen molar-refractivity contribution in [3.05, 3.63) is 30.3 Å². The topological polar surface area (TPSA) is 3.24 Å². The molecular weight excluding hydrogens is 233 g/mol. The van der Waals surface area contributed by atoms with Gasteiger partial charge in [0.1, 0.15) is 0 Å². The molecule has 1 aromatic rings. The van der Waals surface area contributed by atoms with Crippen LogP contribution in [-0.2, 0) is 0 Å². The van der Waals surface area contributed by atoms with E-state index in [1.54, 1.807) is 0 Å². The second-order valence-corrected chi connectivity index (χ2v) is 6.07. The molecule has 1 aliphatic rings. The van der Waals surface area contributed by atoms with Crippen LogP contribution in [0.3, 0.4) is 0 Å². The van der Waals surface area contributed by atoms with E-state index in [9.17, 15) is 0 Å². The molecule has 1 nitrogen and oxygen atoms in total. The Morgan fingerprint density at radius 2 is 1.47 bits per heavy atom. The number of benzene rings is 1. The Hall–Kier alpha value is 0.656. The molecule has 1 saturated heterocycles. The molecule has 1 fully saturated rings. The van der Waals surface area contributed by atoms with E-state index < -0.39 is 0 Å². The van der Waals surface area contributed by atoms with Gasteiger partial charge in [-0.15, -0.1) is 12.1 Å². The van der Waals surface area contributed by atoms with Gasteiger partial charge in [0.05, 0.1) is 0 Å². The molecule has 0 unspecified atom stereocenters. The minimum Gasteiger partial charge on any atom is -0.383 e. The Labute approximate surface area is 148 Å². The molecule has 2 heteroatoms. The van der Waals surface area contributed by atoms with Gasteiger partial charge in [-0.3, -0.25) is 0 Å². The van der Waals surface area contributed by atoms with Crippen LogP contribution in [0.1, 0.15) is 47.0 Å². The summed E-state index contributed by atoms with van der Waals surface area (Å²) in [5, 5.41) is 0. The molecule has 2 rings (SSSR count). The van der Waals surface area contributed by atoms with E-state index in [1.165, 1.54) is 24.9 Å². The molecule has 1 aliphatic heterocycles. The summed E-state index contributed by atoms with van der Waals surface area (Å²) in [7, 11) is 0. The number of hydrogen-bond acceptors (Lipinski definition) is 1. The van der Waals surface area contributed by atoms with Crippen molar-refractivity contribution in [2.24, 2.45) is 0 Å². The van der Waals surface area contributed by atoms with Gasteiger partial charge in [-0.25, -0.2) is 0 Å². The predicted molar refractivity (Wildman–Crippen MR) is 69.8 cm³/mol. The van der Waals surface area contributed by atoms with Gasteiger partial charge < -0.3 is 4.90 Å². The van der Waals surface area contributed by atoms with E-state index in [0.29, 0.717) is 0 Å². The second kappa shape index (κ2) is 5.75. The first-order valence-corrected chi connectivity index (χ1v) is 6.20. The van der Waals surface area contributed by atoms with Gasteiger partial charge in [-0.05, 0) is 47.0 Å². The molecule has 0 saturated carbocycles. The van der Waals surface area contributed by atoms with Crippen molar-refractivity contribution < 1.29 is 51.4 Å². The van der Waals surface area contributed by atoms with Gasteiger partial charge in [0.25, 0.3) is 0 Å². The Morgan fingerprint density at radius 3 is 1.94 bits per heavy atom. The van der Waals surface area contributed by atoms with Crippen LogP contribution in [0.4, 0.5) is 5.69 Å². The van der Waals surface area contributed by atoms with Crippen LogP contribution in [0.2, 0.25) is 0 Å². The smallest absolute Gasteiger partial charge is 0.383 e. The zero-order valence-corrected chi connectivity index (χ0v) is 15.0. The maximum Gasteiger partial charge on any atom is 1.00 e. The van der Waals surface area contributed by atoms with Crippen molar-refractivity contribution in [1.29, 1.82) is 0 Å². The summed E-state index contributed by atoms with van der Waals surface area (Å²) in [6.07, 6.45) is 3.87. The first-order chi connectivity index (χ1) is 7.43. The molecule has 0 aliphatic carbocycles. The molecule has 88 valence electrons. The van der Waals surface area contributed by atoms with Crippen molar-refractivity contribution in [1.82, 2.24) is 0 Å². The first-order valence-electron chi connectivity index (χ1n) is 6.20. The summed E-state index contributed by atoms with van der Waals surface area (Å²) >= 11 is 0. The Balaban J connectivity index is 0.00000144. The molecule has 0 aromatic heterocycles. The zero-order valence-electron chi connectivity index (χ0n) is 11.9. The van der Waals surface area contributed by atoms with Crippen molar-refractivity contribution in [3.63, 3.8) is 0 Å².